The standard InChI is InChI=1S/C17H30N4S/c1-4-9-19-17(18-3)20-13-15(16-6-5-12-22-16)21-10-7-14(2)8-11-21/h5-6,12,14-15H,4,7-11,13H2,1-3H3,(H2,18,19,20). The fraction of sp³-hybridized carbons (Fsp3) is 0.706. The van der Waals surface area contributed by atoms with Gasteiger partial charge in [0.25, 0.3) is 0 Å². The van der Waals surface area contributed by atoms with Crippen LogP contribution in [0.4, 0.5) is 0 Å². The molecular weight excluding hydrogens is 292 g/mol. The van der Waals surface area contributed by atoms with Gasteiger partial charge >= 0.3 is 0 Å². The van der Waals surface area contributed by atoms with Crippen LogP contribution < -0.4 is 10.6 Å². The highest BCUT2D eigenvalue weighted by atomic mass is 32.1. The summed E-state index contributed by atoms with van der Waals surface area (Å²) in [6.07, 6.45) is 3.73. The van der Waals surface area contributed by atoms with E-state index in [9.17, 15) is 0 Å². The van der Waals surface area contributed by atoms with Gasteiger partial charge in [-0.25, -0.2) is 0 Å². The molecule has 0 aliphatic carbocycles. The predicted molar refractivity (Wildman–Crippen MR) is 96.7 cm³/mol. The van der Waals surface area contributed by atoms with Crippen LogP contribution in [0, 0.1) is 5.92 Å². The molecular formula is C17H30N4S. The van der Waals surface area contributed by atoms with E-state index in [1.807, 2.05) is 18.4 Å². The molecule has 1 saturated heterocycles. The van der Waals surface area contributed by atoms with Crippen LogP contribution in [-0.2, 0) is 0 Å². The predicted octanol–water partition coefficient (Wildman–Crippen LogP) is 3.10. The van der Waals surface area contributed by atoms with Crippen LogP contribution in [-0.4, -0.2) is 44.1 Å². The van der Waals surface area contributed by atoms with Gasteiger partial charge < -0.3 is 10.6 Å². The highest BCUT2D eigenvalue weighted by Gasteiger charge is 2.25. The molecule has 22 heavy (non-hydrogen) atoms. The molecule has 0 aromatic carbocycles. The average molecular weight is 323 g/mol. The Kier molecular flexibility index (Phi) is 7.19. The lowest BCUT2D eigenvalue weighted by molar-refractivity contribution is 0.140. The van der Waals surface area contributed by atoms with Gasteiger partial charge in [0.2, 0.25) is 0 Å². The minimum atomic E-state index is 0.452. The summed E-state index contributed by atoms with van der Waals surface area (Å²) in [5.41, 5.74) is 0. The smallest absolute Gasteiger partial charge is 0.191 e. The van der Waals surface area contributed by atoms with Crippen LogP contribution in [0.1, 0.15) is 44.0 Å². The van der Waals surface area contributed by atoms with Gasteiger partial charge in [-0.15, -0.1) is 11.3 Å². The summed E-state index contributed by atoms with van der Waals surface area (Å²) in [6.45, 7) is 8.82. The zero-order valence-electron chi connectivity index (χ0n) is 14.1. The third-order valence-electron chi connectivity index (χ3n) is 4.36. The summed E-state index contributed by atoms with van der Waals surface area (Å²) in [4.78, 5) is 8.40. The Bertz CT molecular complexity index is 436. The van der Waals surface area contributed by atoms with E-state index in [1.54, 1.807) is 0 Å². The first-order valence-corrected chi connectivity index (χ1v) is 9.34. The molecule has 1 aliphatic heterocycles. The lowest BCUT2D eigenvalue weighted by Gasteiger charge is -2.36. The second kappa shape index (κ2) is 9.16. The van der Waals surface area contributed by atoms with Crippen LogP contribution >= 0.6 is 11.3 Å². The first-order chi connectivity index (χ1) is 10.7. The minimum Gasteiger partial charge on any atom is -0.356 e. The summed E-state index contributed by atoms with van der Waals surface area (Å²) < 4.78 is 0. The number of hydrogen-bond acceptors (Lipinski definition) is 3. The van der Waals surface area contributed by atoms with Gasteiger partial charge in [-0.1, -0.05) is 19.9 Å². The van der Waals surface area contributed by atoms with Gasteiger partial charge in [0.1, 0.15) is 0 Å². The van der Waals surface area contributed by atoms with Crippen molar-refractivity contribution in [2.75, 3.05) is 33.2 Å². The molecule has 2 N–H and O–H groups in total. The maximum absolute atomic E-state index is 4.32. The molecule has 1 unspecified atom stereocenters. The number of piperidine rings is 1. The molecule has 1 atom stereocenters. The van der Waals surface area contributed by atoms with Crippen molar-refractivity contribution < 1.29 is 0 Å². The van der Waals surface area contributed by atoms with Crippen molar-refractivity contribution in [3.63, 3.8) is 0 Å². The van der Waals surface area contributed by atoms with Gasteiger partial charge in [0.05, 0.1) is 6.04 Å². The molecule has 0 bridgehead atoms. The van der Waals surface area contributed by atoms with Gasteiger partial charge in [0.15, 0.2) is 5.96 Å². The molecule has 1 fully saturated rings. The summed E-state index contributed by atoms with van der Waals surface area (Å²) in [6, 6.07) is 4.87. The Hall–Kier alpha value is -1.07. The van der Waals surface area contributed by atoms with Crippen molar-refractivity contribution in [2.24, 2.45) is 10.9 Å². The lowest BCUT2D eigenvalue weighted by Crippen LogP contribution is -2.45. The monoisotopic (exact) mass is 322 g/mol. The van der Waals surface area contributed by atoms with Gasteiger partial charge in [0, 0.05) is 25.0 Å². The number of thiophene rings is 1. The van der Waals surface area contributed by atoms with E-state index in [0.29, 0.717) is 6.04 Å². The molecule has 4 nitrogen and oxygen atoms in total. The highest BCUT2D eigenvalue weighted by molar-refractivity contribution is 7.10. The lowest BCUT2D eigenvalue weighted by atomic mass is 9.97. The maximum Gasteiger partial charge on any atom is 0.191 e. The number of guanidine groups is 1. The van der Waals surface area contributed by atoms with E-state index in [2.05, 4.69) is 51.9 Å². The highest BCUT2D eigenvalue weighted by Crippen LogP contribution is 2.28. The Balaban J connectivity index is 1.96. The summed E-state index contributed by atoms with van der Waals surface area (Å²) in [5, 5.41) is 9.04. The fourth-order valence-electron chi connectivity index (χ4n) is 2.89. The number of rotatable bonds is 6. The number of hydrogen-bond donors (Lipinski definition) is 2. The summed E-state index contributed by atoms with van der Waals surface area (Å²) in [5.74, 6) is 1.78. The number of nitrogens with zero attached hydrogens (tertiary/aromatic N) is 2. The Morgan fingerprint density at radius 1 is 1.41 bits per heavy atom. The van der Waals surface area contributed by atoms with E-state index in [4.69, 9.17) is 0 Å². The van der Waals surface area contributed by atoms with Crippen molar-refractivity contribution in [1.82, 2.24) is 15.5 Å². The molecule has 0 spiro atoms. The van der Waals surface area contributed by atoms with Crippen molar-refractivity contribution in [3.05, 3.63) is 22.4 Å². The first-order valence-electron chi connectivity index (χ1n) is 8.46. The van der Waals surface area contributed by atoms with Crippen LogP contribution in [0.25, 0.3) is 0 Å². The molecule has 0 amide bonds. The summed E-state index contributed by atoms with van der Waals surface area (Å²) >= 11 is 1.86. The SMILES string of the molecule is CCCNC(=NC)NCC(c1cccs1)N1CCC(C)CC1. The Labute approximate surface area is 139 Å². The fourth-order valence-corrected chi connectivity index (χ4v) is 3.75. The second-order valence-corrected chi connectivity index (χ2v) is 7.11. The molecule has 5 heteroatoms. The molecule has 2 heterocycles. The number of likely N-dealkylation sites (tertiary alicyclic amines) is 1. The van der Waals surface area contributed by atoms with E-state index >= 15 is 0 Å². The first kappa shape index (κ1) is 17.3. The Morgan fingerprint density at radius 2 is 2.18 bits per heavy atom. The maximum atomic E-state index is 4.32. The van der Waals surface area contributed by atoms with Crippen molar-refractivity contribution in [1.29, 1.82) is 0 Å². The van der Waals surface area contributed by atoms with E-state index < -0.39 is 0 Å². The second-order valence-electron chi connectivity index (χ2n) is 6.13. The Morgan fingerprint density at radius 3 is 2.77 bits per heavy atom. The topological polar surface area (TPSA) is 39.7 Å². The van der Waals surface area contributed by atoms with Crippen molar-refractivity contribution in [3.8, 4) is 0 Å². The molecule has 0 saturated carbocycles. The zero-order chi connectivity index (χ0) is 15.8. The van der Waals surface area contributed by atoms with Crippen LogP contribution in [0.2, 0.25) is 0 Å². The van der Waals surface area contributed by atoms with E-state index in [-0.39, 0.29) is 0 Å². The largest absolute Gasteiger partial charge is 0.356 e. The van der Waals surface area contributed by atoms with Gasteiger partial charge in [-0.2, -0.15) is 0 Å². The molecule has 124 valence electrons. The average Bonchev–Trinajstić information content (AvgIpc) is 3.06. The zero-order valence-corrected chi connectivity index (χ0v) is 15.0. The van der Waals surface area contributed by atoms with Crippen LogP contribution in [0.3, 0.4) is 0 Å². The van der Waals surface area contributed by atoms with Crippen molar-refractivity contribution in [2.45, 2.75) is 39.2 Å². The summed E-state index contributed by atoms with van der Waals surface area (Å²) in [7, 11) is 1.84. The quantitative estimate of drug-likeness (QED) is 0.624. The van der Waals surface area contributed by atoms with Crippen molar-refractivity contribution >= 4 is 17.3 Å². The molecule has 1 aromatic rings. The molecule has 1 aromatic heterocycles. The number of nitrogens with one attached hydrogen (secondary N) is 2. The van der Waals surface area contributed by atoms with Gasteiger partial charge in [-0.3, -0.25) is 9.89 Å². The minimum absolute atomic E-state index is 0.452. The molecule has 2 rings (SSSR count). The van der Waals surface area contributed by atoms with E-state index in [1.165, 1.54) is 30.8 Å². The number of aliphatic imine (C=N–C) groups is 1. The van der Waals surface area contributed by atoms with Crippen LogP contribution in [0.5, 0.6) is 0 Å². The third-order valence-corrected chi connectivity index (χ3v) is 5.33. The normalized spacial score (nSPS) is 19.1. The van der Waals surface area contributed by atoms with Gasteiger partial charge in [-0.05, 0) is 49.7 Å². The van der Waals surface area contributed by atoms with E-state index in [0.717, 1.165) is 31.4 Å². The third kappa shape index (κ3) is 4.99. The molecule has 1 aliphatic rings. The molecule has 0 radical (unpaired) electrons. The van der Waals surface area contributed by atoms with Crippen LogP contribution in [0.15, 0.2) is 22.5 Å².